The van der Waals surface area contributed by atoms with E-state index in [1.807, 2.05) is 0 Å². The van der Waals surface area contributed by atoms with Gasteiger partial charge >= 0.3 is 0 Å². The molecule has 0 aliphatic heterocycles. The second-order valence-electron chi connectivity index (χ2n) is 4.29. The van der Waals surface area contributed by atoms with Crippen molar-refractivity contribution in [2.45, 2.75) is 21.9 Å². The van der Waals surface area contributed by atoms with Crippen molar-refractivity contribution in [3.05, 3.63) is 24.0 Å². The van der Waals surface area contributed by atoms with Gasteiger partial charge in [0.2, 0.25) is 15.2 Å². The standard InChI is InChI=1S/C11H15N5O2S2/c1-7-13-11(15-14-7)19-10-6-8(4-5-9(10)12)20(17,18)16(2)3/h4-6H,12H2,1-3H3,(H,13,14,15). The first-order chi connectivity index (χ1) is 9.30. The van der Waals surface area contributed by atoms with Gasteiger partial charge in [0.1, 0.15) is 5.82 Å². The first-order valence-electron chi connectivity index (χ1n) is 5.69. The van der Waals surface area contributed by atoms with Crippen LogP contribution in [0.1, 0.15) is 5.82 Å². The topological polar surface area (TPSA) is 105 Å². The van der Waals surface area contributed by atoms with Gasteiger partial charge in [-0.1, -0.05) is 0 Å². The van der Waals surface area contributed by atoms with Crippen molar-refractivity contribution < 1.29 is 8.42 Å². The fourth-order valence-corrected chi connectivity index (χ4v) is 3.29. The van der Waals surface area contributed by atoms with Crippen LogP contribution < -0.4 is 5.73 Å². The van der Waals surface area contributed by atoms with Gasteiger partial charge < -0.3 is 5.73 Å². The number of hydrogen-bond donors (Lipinski definition) is 2. The molecule has 0 fully saturated rings. The molecule has 0 saturated heterocycles. The maximum atomic E-state index is 12.1. The number of aromatic amines is 1. The van der Waals surface area contributed by atoms with Crippen molar-refractivity contribution in [2.24, 2.45) is 0 Å². The van der Waals surface area contributed by atoms with Gasteiger partial charge in [0.25, 0.3) is 0 Å². The third kappa shape index (κ3) is 2.94. The van der Waals surface area contributed by atoms with E-state index >= 15 is 0 Å². The number of rotatable bonds is 4. The minimum Gasteiger partial charge on any atom is -0.398 e. The van der Waals surface area contributed by atoms with Crippen LogP contribution in [0.5, 0.6) is 0 Å². The molecule has 9 heteroatoms. The summed E-state index contributed by atoms with van der Waals surface area (Å²) in [5.41, 5.74) is 6.35. The Morgan fingerprint density at radius 3 is 2.60 bits per heavy atom. The fraction of sp³-hybridized carbons (Fsp3) is 0.273. The van der Waals surface area contributed by atoms with Crippen molar-refractivity contribution in [1.82, 2.24) is 19.5 Å². The van der Waals surface area contributed by atoms with E-state index in [-0.39, 0.29) is 4.90 Å². The van der Waals surface area contributed by atoms with Gasteiger partial charge in [-0.2, -0.15) is 0 Å². The van der Waals surface area contributed by atoms with Gasteiger partial charge in [0, 0.05) is 24.7 Å². The average Bonchev–Trinajstić information content (AvgIpc) is 2.77. The van der Waals surface area contributed by atoms with Crippen LogP contribution in [0.4, 0.5) is 5.69 Å². The summed E-state index contributed by atoms with van der Waals surface area (Å²) in [4.78, 5) is 4.95. The lowest BCUT2D eigenvalue weighted by Crippen LogP contribution is -2.22. The van der Waals surface area contributed by atoms with Crippen molar-refractivity contribution >= 4 is 27.5 Å². The van der Waals surface area contributed by atoms with Crippen LogP contribution in [0.25, 0.3) is 0 Å². The highest BCUT2D eigenvalue weighted by atomic mass is 32.2. The van der Waals surface area contributed by atoms with E-state index in [1.165, 1.54) is 38.0 Å². The minimum absolute atomic E-state index is 0.187. The largest absolute Gasteiger partial charge is 0.398 e. The number of nitrogens with one attached hydrogen (secondary N) is 1. The van der Waals surface area contributed by atoms with Gasteiger partial charge in [0.15, 0.2) is 0 Å². The molecular formula is C11H15N5O2S2. The molecule has 0 aliphatic rings. The van der Waals surface area contributed by atoms with Crippen LogP contribution in [-0.4, -0.2) is 42.0 Å². The molecular weight excluding hydrogens is 298 g/mol. The summed E-state index contributed by atoms with van der Waals surface area (Å²) in [7, 11) is -0.521. The Labute approximate surface area is 121 Å². The Morgan fingerprint density at radius 1 is 1.35 bits per heavy atom. The molecule has 2 rings (SSSR count). The van der Waals surface area contributed by atoms with E-state index < -0.39 is 10.0 Å². The van der Waals surface area contributed by atoms with E-state index in [1.54, 1.807) is 13.0 Å². The average molecular weight is 313 g/mol. The Hall–Kier alpha value is -1.58. The SMILES string of the molecule is Cc1nc(Sc2cc(S(=O)(=O)N(C)C)ccc2N)n[nH]1. The lowest BCUT2D eigenvalue weighted by atomic mass is 10.3. The number of nitrogen functional groups attached to an aromatic ring is 1. The molecule has 0 unspecified atom stereocenters. The lowest BCUT2D eigenvalue weighted by molar-refractivity contribution is 0.520. The molecule has 2 aromatic rings. The molecule has 0 saturated carbocycles. The summed E-state index contributed by atoms with van der Waals surface area (Å²) in [6, 6.07) is 4.58. The summed E-state index contributed by atoms with van der Waals surface area (Å²) in [6.07, 6.45) is 0. The monoisotopic (exact) mass is 313 g/mol. The van der Waals surface area contributed by atoms with Crippen LogP contribution >= 0.6 is 11.8 Å². The van der Waals surface area contributed by atoms with Crippen LogP contribution in [0.15, 0.2) is 33.1 Å². The second kappa shape index (κ2) is 5.43. The number of nitrogens with zero attached hydrogens (tertiary/aromatic N) is 3. The Kier molecular flexibility index (Phi) is 4.02. The van der Waals surface area contributed by atoms with Gasteiger partial charge in [-0.25, -0.2) is 17.7 Å². The third-order valence-corrected chi connectivity index (χ3v) is 5.29. The summed E-state index contributed by atoms with van der Waals surface area (Å²) in [5.74, 6) is 0.683. The molecule has 0 amide bonds. The molecule has 1 aromatic carbocycles. The number of aryl methyl sites for hydroxylation is 1. The smallest absolute Gasteiger partial charge is 0.242 e. The number of aromatic nitrogens is 3. The Bertz CT molecular complexity index is 724. The normalized spacial score (nSPS) is 12.0. The molecule has 1 heterocycles. The highest BCUT2D eigenvalue weighted by molar-refractivity contribution is 7.99. The van der Waals surface area contributed by atoms with Crippen LogP contribution in [0, 0.1) is 6.92 Å². The third-order valence-electron chi connectivity index (χ3n) is 2.54. The summed E-state index contributed by atoms with van der Waals surface area (Å²) in [5, 5.41) is 7.21. The Balaban J connectivity index is 2.39. The first-order valence-corrected chi connectivity index (χ1v) is 7.95. The number of anilines is 1. The molecule has 0 bridgehead atoms. The zero-order valence-corrected chi connectivity index (χ0v) is 12.9. The molecule has 0 spiro atoms. The predicted molar refractivity (Wildman–Crippen MR) is 77.0 cm³/mol. The van der Waals surface area contributed by atoms with Gasteiger partial charge in [0.05, 0.1) is 4.90 Å². The van der Waals surface area contributed by atoms with Crippen LogP contribution in [-0.2, 0) is 10.0 Å². The summed E-state index contributed by atoms with van der Waals surface area (Å²) in [6.45, 7) is 1.79. The highest BCUT2D eigenvalue weighted by Gasteiger charge is 2.19. The highest BCUT2D eigenvalue weighted by Crippen LogP contribution is 2.32. The zero-order chi connectivity index (χ0) is 14.9. The van der Waals surface area contributed by atoms with Gasteiger partial charge in [-0.3, -0.25) is 5.10 Å². The Morgan fingerprint density at radius 2 is 2.05 bits per heavy atom. The second-order valence-corrected chi connectivity index (χ2v) is 7.45. The molecule has 108 valence electrons. The fourth-order valence-electron chi connectivity index (χ4n) is 1.44. The zero-order valence-electron chi connectivity index (χ0n) is 11.3. The van der Waals surface area contributed by atoms with E-state index in [0.717, 1.165) is 4.31 Å². The molecule has 0 radical (unpaired) electrons. The van der Waals surface area contributed by atoms with Crippen molar-refractivity contribution in [3.8, 4) is 0 Å². The number of H-pyrrole nitrogens is 1. The molecule has 0 atom stereocenters. The number of nitrogens with two attached hydrogens (primary N) is 1. The molecule has 1 aromatic heterocycles. The van der Waals surface area contributed by atoms with Gasteiger partial charge in [-0.15, -0.1) is 5.10 Å². The maximum Gasteiger partial charge on any atom is 0.242 e. The summed E-state index contributed by atoms with van der Waals surface area (Å²) >= 11 is 1.22. The van der Waals surface area contributed by atoms with Crippen LogP contribution in [0.3, 0.4) is 0 Å². The predicted octanol–water partition coefficient (Wildman–Crippen LogP) is 1.10. The molecule has 0 aliphatic carbocycles. The van der Waals surface area contributed by atoms with E-state index in [4.69, 9.17) is 5.73 Å². The first kappa shape index (κ1) is 14.8. The quantitative estimate of drug-likeness (QED) is 0.819. The number of sulfonamides is 1. The maximum absolute atomic E-state index is 12.1. The van der Waals surface area contributed by atoms with Crippen LogP contribution in [0.2, 0.25) is 0 Å². The number of hydrogen-bond acceptors (Lipinski definition) is 6. The molecule has 20 heavy (non-hydrogen) atoms. The van der Waals surface area contributed by atoms with E-state index in [9.17, 15) is 8.42 Å². The summed E-state index contributed by atoms with van der Waals surface area (Å²) < 4.78 is 25.3. The lowest BCUT2D eigenvalue weighted by Gasteiger charge is -2.12. The van der Waals surface area contributed by atoms with Crippen molar-refractivity contribution in [2.75, 3.05) is 19.8 Å². The van der Waals surface area contributed by atoms with Crippen molar-refractivity contribution in [1.29, 1.82) is 0 Å². The molecule has 7 nitrogen and oxygen atoms in total. The number of benzene rings is 1. The minimum atomic E-state index is -3.49. The van der Waals surface area contributed by atoms with Gasteiger partial charge in [-0.05, 0) is 36.9 Å². The molecule has 3 N–H and O–H groups in total. The van der Waals surface area contributed by atoms with E-state index in [0.29, 0.717) is 21.6 Å². The van der Waals surface area contributed by atoms with E-state index in [2.05, 4.69) is 15.2 Å². The van der Waals surface area contributed by atoms with Crippen molar-refractivity contribution in [3.63, 3.8) is 0 Å².